The molecule has 2 rings (SSSR count). The first-order valence-corrected chi connectivity index (χ1v) is 4.62. The van der Waals surface area contributed by atoms with Crippen molar-refractivity contribution in [2.24, 2.45) is 0 Å². The lowest BCUT2D eigenvalue weighted by molar-refractivity contribution is -0.138. The van der Waals surface area contributed by atoms with E-state index in [1.165, 1.54) is 0 Å². The van der Waals surface area contributed by atoms with Gasteiger partial charge < -0.3 is 5.11 Å². The van der Waals surface area contributed by atoms with E-state index >= 15 is 0 Å². The number of carbonyl (C=O) groups is 1. The molecule has 0 fully saturated rings. The van der Waals surface area contributed by atoms with Crippen LogP contribution in [-0.4, -0.2) is 21.3 Å². The summed E-state index contributed by atoms with van der Waals surface area (Å²) in [7, 11) is 0. The Bertz CT molecular complexity index is 505. The first-order valence-electron chi connectivity index (χ1n) is 4.62. The van der Waals surface area contributed by atoms with Crippen LogP contribution in [0.1, 0.15) is 18.4 Å². The van der Waals surface area contributed by atoms with Gasteiger partial charge in [0.05, 0.1) is 18.3 Å². The van der Waals surface area contributed by atoms with E-state index < -0.39 is 11.9 Å². The molecule has 0 saturated heterocycles. The molecule has 0 amide bonds. The molecule has 1 heterocycles. The zero-order valence-electron chi connectivity index (χ0n) is 8.21. The third kappa shape index (κ3) is 1.66. The van der Waals surface area contributed by atoms with Gasteiger partial charge in [-0.1, -0.05) is 18.2 Å². The number of hydrogen-bond acceptors (Lipinski definition) is 3. The van der Waals surface area contributed by atoms with Gasteiger partial charge in [-0.2, -0.15) is 10.2 Å². The van der Waals surface area contributed by atoms with Crippen LogP contribution in [0.4, 0.5) is 0 Å². The molecule has 15 heavy (non-hydrogen) atoms. The van der Waals surface area contributed by atoms with E-state index in [2.05, 4.69) is 10.2 Å². The molecule has 1 N–H and O–H groups in total. The minimum atomic E-state index is -0.834. The van der Waals surface area contributed by atoms with E-state index in [1.54, 1.807) is 19.3 Å². The summed E-state index contributed by atoms with van der Waals surface area (Å²) in [5, 5.41) is 18.3. The zero-order chi connectivity index (χ0) is 10.8. The molecule has 1 unspecified atom stereocenters. The topological polar surface area (TPSA) is 63.1 Å². The van der Waals surface area contributed by atoms with Crippen LogP contribution < -0.4 is 0 Å². The molecule has 0 bridgehead atoms. The maximum Gasteiger partial charge on any atom is 0.310 e. The SMILES string of the molecule is CC(C(=O)O)c1cccc2cnncc12. The Morgan fingerprint density at radius 1 is 1.33 bits per heavy atom. The predicted molar refractivity (Wildman–Crippen MR) is 55.6 cm³/mol. The van der Waals surface area contributed by atoms with E-state index in [-0.39, 0.29) is 0 Å². The summed E-state index contributed by atoms with van der Waals surface area (Å²) in [4.78, 5) is 10.9. The van der Waals surface area contributed by atoms with E-state index in [0.29, 0.717) is 0 Å². The summed E-state index contributed by atoms with van der Waals surface area (Å²) < 4.78 is 0. The third-order valence-corrected chi connectivity index (χ3v) is 2.46. The van der Waals surface area contributed by atoms with Crippen LogP contribution in [0.3, 0.4) is 0 Å². The molecule has 0 aliphatic carbocycles. The summed E-state index contributed by atoms with van der Waals surface area (Å²) >= 11 is 0. The molecule has 76 valence electrons. The number of aliphatic carboxylic acids is 1. The average Bonchev–Trinajstić information content (AvgIpc) is 2.27. The monoisotopic (exact) mass is 202 g/mol. The van der Waals surface area contributed by atoms with E-state index in [9.17, 15) is 4.79 Å². The summed E-state index contributed by atoms with van der Waals surface area (Å²) in [6.45, 7) is 1.66. The fourth-order valence-corrected chi connectivity index (χ4v) is 1.56. The van der Waals surface area contributed by atoms with Crippen LogP contribution in [0, 0.1) is 0 Å². The van der Waals surface area contributed by atoms with Crippen molar-refractivity contribution in [2.45, 2.75) is 12.8 Å². The van der Waals surface area contributed by atoms with Gasteiger partial charge in [-0.05, 0) is 12.5 Å². The standard InChI is InChI=1S/C11H10N2O2/c1-7(11(14)15)9-4-2-3-8-5-12-13-6-10(8)9/h2-7H,1H3,(H,14,15). The van der Waals surface area contributed by atoms with Gasteiger partial charge in [-0.3, -0.25) is 4.79 Å². The molecule has 1 aromatic carbocycles. The Morgan fingerprint density at radius 3 is 2.80 bits per heavy atom. The fraction of sp³-hybridized carbons (Fsp3) is 0.182. The summed E-state index contributed by atoms with van der Waals surface area (Å²) in [6.07, 6.45) is 3.23. The number of nitrogens with zero attached hydrogens (tertiary/aromatic N) is 2. The molecule has 4 nitrogen and oxygen atoms in total. The van der Waals surface area contributed by atoms with Gasteiger partial charge in [0.1, 0.15) is 0 Å². The second-order valence-corrected chi connectivity index (χ2v) is 3.40. The highest BCUT2D eigenvalue weighted by Gasteiger charge is 2.15. The Hall–Kier alpha value is -1.97. The largest absolute Gasteiger partial charge is 0.481 e. The highest BCUT2D eigenvalue weighted by atomic mass is 16.4. The fourth-order valence-electron chi connectivity index (χ4n) is 1.56. The molecule has 1 aromatic heterocycles. The zero-order valence-corrected chi connectivity index (χ0v) is 8.21. The van der Waals surface area contributed by atoms with Crippen molar-refractivity contribution in [3.05, 3.63) is 36.2 Å². The van der Waals surface area contributed by atoms with Gasteiger partial charge in [0, 0.05) is 10.8 Å². The predicted octanol–water partition coefficient (Wildman–Crippen LogP) is 1.82. The quantitative estimate of drug-likeness (QED) is 0.806. The first kappa shape index (κ1) is 9.58. The minimum Gasteiger partial charge on any atom is -0.481 e. The molecule has 0 saturated carbocycles. The van der Waals surface area contributed by atoms with Crippen LogP contribution in [0.5, 0.6) is 0 Å². The van der Waals surface area contributed by atoms with Crippen molar-refractivity contribution in [3.8, 4) is 0 Å². The lowest BCUT2D eigenvalue weighted by atomic mass is 9.97. The number of rotatable bonds is 2. The van der Waals surface area contributed by atoms with Crippen molar-refractivity contribution in [2.75, 3.05) is 0 Å². The average molecular weight is 202 g/mol. The lowest BCUT2D eigenvalue weighted by Gasteiger charge is -2.09. The Labute approximate surface area is 86.6 Å². The number of carboxylic acids is 1. The van der Waals surface area contributed by atoms with Crippen molar-refractivity contribution >= 4 is 16.7 Å². The lowest BCUT2D eigenvalue weighted by Crippen LogP contribution is -2.07. The number of aromatic nitrogens is 2. The highest BCUT2D eigenvalue weighted by molar-refractivity contribution is 5.89. The summed E-state index contributed by atoms with van der Waals surface area (Å²) in [5.41, 5.74) is 0.773. The van der Waals surface area contributed by atoms with Crippen molar-refractivity contribution in [1.82, 2.24) is 10.2 Å². The van der Waals surface area contributed by atoms with Gasteiger partial charge >= 0.3 is 5.97 Å². The van der Waals surface area contributed by atoms with Crippen LogP contribution in [0.15, 0.2) is 30.6 Å². The van der Waals surface area contributed by atoms with Gasteiger partial charge in [-0.25, -0.2) is 0 Å². The third-order valence-electron chi connectivity index (χ3n) is 2.46. The highest BCUT2D eigenvalue weighted by Crippen LogP contribution is 2.24. The Kier molecular flexibility index (Phi) is 2.33. The molecule has 1 atom stereocenters. The van der Waals surface area contributed by atoms with Crippen molar-refractivity contribution < 1.29 is 9.90 Å². The Balaban J connectivity index is 2.65. The van der Waals surface area contributed by atoms with Crippen LogP contribution in [-0.2, 0) is 4.79 Å². The second kappa shape index (κ2) is 3.65. The summed E-state index contributed by atoms with van der Waals surface area (Å²) in [6, 6.07) is 5.53. The van der Waals surface area contributed by atoms with Crippen molar-refractivity contribution in [1.29, 1.82) is 0 Å². The normalized spacial score (nSPS) is 12.6. The van der Waals surface area contributed by atoms with Gasteiger partial charge in [0.15, 0.2) is 0 Å². The van der Waals surface area contributed by atoms with E-state index in [0.717, 1.165) is 16.3 Å². The number of carboxylic acid groups (broad SMARTS) is 1. The van der Waals surface area contributed by atoms with E-state index in [1.807, 2.05) is 18.2 Å². The van der Waals surface area contributed by atoms with Crippen molar-refractivity contribution in [3.63, 3.8) is 0 Å². The molecular weight excluding hydrogens is 192 g/mol. The molecule has 2 aromatic rings. The molecule has 0 aliphatic heterocycles. The maximum atomic E-state index is 10.9. The van der Waals surface area contributed by atoms with Crippen LogP contribution >= 0.6 is 0 Å². The van der Waals surface area contributed by atoms with Gasteiger partial charge in [-0.15, -0.1) is 0 Å². The molecule has 4 heteroatoms. The van der Waals surface area contributed by atoms with Crippen LogP contribution in [0.2, 0.25) is 0 Å². The molecule has 0 aliphatic rings. The summed E-state index contributed by atoms with van der Waals surface area (Å²) in [5.74, 6) is -1.36. The number of hydrogen-bond donors (Lipinski definition) is 1. The molecule has 0 spiro atoms. The number of fused-ring (bicyclic) bond motifs is 1. The second-order valence-electron chi connectivity index (χ2n) is 3.40. The Morgan fingerprint density at radius 2 is 2.07 bits per heavy atom. The van der Waals surface area contributed by atoms with E-state index in [4.69, 9.17) is 5.11 Å². The van der Waals surface area contributed by atoms with Gasteiger partial charge in [0.2, 0.25) is 0 Å². The first-order chi connectivity index (χ1) is 7.20. The minimum absolute atomic E-state index is 0.530. The number of benzene rings is 1. The van der Waals surface area contributed by atoms with Crippen LogP contribution in [0.25, 0.3) is 10.8 Å². The maximum absolute atomic E-state index is 10.9. The smallest absolute Gasteiger partial charge is 0.310 e. The molecule has 0 radical (unpaired) electrons. The van der Waals surface area contributed by atoms with Gasteiger partial charge in [0.25, 0.3) is 0 Å². The molecular formula is C11H10N2O2.